The van der Waals surface area contributed by atoms with E-state index in [9.17, 15) is 0 Å². The summed E-state index contributed by atoms with van der Waals surface area (Å²) < 4.78 is 5.29. The molecule has 16 heavy (non-hydrogen) atoms. The van der Waals surface area contributed by atoms with Crippen LogP contribution < -0.4 is 5.32 Å². The first-order valence-corrected chi connectivity index (χ1v) is 6.11. The van der Waals surface area contributed by atoms with Crippen LogP contribution >= 0.6 is 0 Å². The minimum Gasteiger partial charge on any atom is -0.360 e. The van der Waals surface area contributed by atoms with Gasteiger partial charge in [-0.2, -0.15) is 0 Å². The van der Waals surface area contributed by atoms with Crippen LogP contribution in [0.25, 0.3) is 0 Å². The van der Waals surface area contributed by atoms with Gasteiger partial charge in [0, 0.05) is 18.7 Å². The molecule has 88 valence electrons. The van der Waals surface area contributed by atoms with Crippen LogP contribution in [0.1, 0.15) is 18.4 Å². The first kappa shape index (κ1) is 10.3. The number of nitrogens with zero attached hydrogens (tertiary/aromatic N) is 2. The van der Waals surface area contributed by atoms with Gasteiger partial charge in [0.2, 0.25) is 0 Å². The van der Waals surface area contributed by atoms with Gasteiger partial charge in [-0.25, -0.2) is 0 Å². The highest BCUT2D eigenvalue weighted by Gasteiger charge is 2.41. The van der Waals surface area contributed by atoms with Crippen molar-refractivity contribution in [3.05, 3.63) is 17.5 Å². The predicted octanol–water partition coefficient (Wildman–Crippen LogP) is 1.02. The second-order valence-corrected chi connectivity index (χ2v) is 5.19. The van der Waals surface area contributed by atoms with E-state index in [1.807, 2.05) is 13.0 Å². The second kappa shape index (κ2) is 3.86. The smallest absolute Gasteiger partial charge is 0.150 e. The number of hydrogen-bond donors (Lipinski definition) is 1. The Labute approximate surface area is 96.0 Å². The van der Waals surface area contributed by atoms with Crippen LogP contribution in [0.2, 0.25) is 0 Å². The van der Waals surface area contributed by atoms with Crippen LogP contribution in [0.5, 0.6) is 0 Å². The molecule has 0 bridgehead atoms. The normalized spacial score (nSPS) is 34.5. The Morgan fingerprint density at radius 1 is 1.56 bits per heavy atom. The standard InChI is InChI=1S/C12H19N3O/c1-8-3-11(16-14-8)7-15-6-10-4-13-5-12(10)9(15)2/h3,9-10,12-13H,4-7H2,1-2H3. The fourth-order valence-corrected chi connectivity index (χ4v) is 3.16. The van der Waals surface area contributed by atoms with Crippen LogP contribution in [0.15, 0.2) is 10.6 Å². The zero-order valence-corrected chi connectivity index (χ0v) is 9.94. The highest BCUT2D eigenvalue weighted by atomic mass is 16.5. The molecular weight excluding hydrogens is 202 g/mol. The molecular formula is C12H19N3O. The first-order chi connectivity index (χ1) is 7.74. The zero-order chi connectivity index (χ0) is 11.1. The van der Waals surface area contributed by atoms with E-state index in [1.165, 1.54) is 19.6 Å². The van der Waals surface area contributed by atoms with Crippen molar-refractivity contribution in [2.75, 3.05) is 19.6 Å². The van der Waals surface area contributed by atoms with Crippen LogP contribution in [-0.2, 0) is 6.54 Å². The van der Waals surface area contributed by atoms with Gasteiger partial charge in [-0.3, -0.25) is 4.90 Å². The average Bonchev–Trinajstić information content (AvgIpc) is 2.90. The molecule has 1 aromatic rings. The van der Waals surface area contributed by atoms with Crippen molar-refractivity contribution in [3.8, 4) is 0 Å². The van der Waals surface area contributed by atoms with E-state index < -0.39 is 0 Å². The van der Waals surface area contributed by atoms with Crippen molar-refractivity contribution in [2.24, 2.45) is 11.8 Å². The SMILES string of the molecule is Cc1cc(CN2CC3CNCC3C2C)on1. The van der Waals surface area contributed by atoms with Gasteiger partial charge in [-0.1, -0.05) is 5.16 Å². The molecule has 4 nitrogen and oxygen atoms in total. The summed E-state index contributed by atoms with van der Waals surface area (Å²) in [4.78, 5) is 2.52. The lowest BCUT2D eigenvalue weighted by Crippen LogP contribution is -2.32. The molecule has 0 aliphatic carbocycles. The lowest BCUT2D eigenvalue weighted by atomic mass is 9.95. The zero-order valence-electron chi connectivity index (χ0n) is 9.94. The fraction of sp³-hybridized carbons (Fsp3) is 0.750. The maximum Gasteiger partial charge on any atom is 0.150 e. The number of aromatic nitrogens is 1. The van der Waals surface area contributed by atoms with Crippen molar-refractivity contribution < 1.29 is 4.52 Å². The van der Waals surface area contributed by atoms with E-state index in [0.29, 0.717) is 6.04 Å². The number of fused-ring (bicyclic) bond motifs is 1. The van der Waals surface area contributed by atoms with Crippen molar-refractivity contribution in [1.29, 1.82) is 0 Å². The molecule has 1 N–H and O–H groups in total. The van der Waals surface area contributed by atoms with Gasteiger partial charge in [0.25, 0.3) is 0 Å². The molecule has 1 aromatic heterocycles. The molecule has 2 fully saturated rings. The Morgan fingerprint density at radius 2 is 2.44 bits per heavy atom. The highest BCUT2D eigenvalue weighted by molar-refractivity contribution is 5.05. The summed E-state index contributed by atoms with van der Waals surface area (Å²) in [5.74, 6) is 2.65. The minimum atomic E-state index is 0.658. The van der Waals surface area contributed by atoms with Crippen LogP contribution in [0.3, 0.4) is 0 Å². The van der Waals surface area contributed by atoms with E-state index >= 15 is 0 Å². The van der Waals surface area contributed by atoms with E-state index in [0.717, 1.165) is 29.8 Å². The summed E-state index contributed by atoms with van der Waals surface area (Å²) in [6, 6.07) is 2.70. The third-order valence-corrected chi connectivity index (χ3v) is 4.09. The van der Waals surface area contributed by atoms with E-state index in [2.05, 4.69) is 22.3 Å². The number of nitrogens with one attached hydrogen (secondary N) is 1. The summed E-state index contributed by atoms with van der Waals surface area (Å²) in [5.41, 5.74) is 0.976. The lowest BCUT2D eigenvalue weighted by Gasteiger charge is -2.22. The van der Waals surface area contributed by atoms with Crippen LogP contribution in [0, 0.1) is 18.8 Å². The Bertz CT molecular complexity index is 376. The number of rotatable bonds is 2. The molecule has 0 aromatic carbocycles. The Balaban J connectivity index is 1.68. The van der Waals surface area contributed by atoms with Gasteiger partial charge in [-0.05, 0) is 38.8 Å². The van der Waals surface area contributed by atoms with Crippen LogP contribution in [0.4, 0.5) is 0 Å². The maximum absolute atomic E-state index is 5.29. The fourth-order valence-electron chi connectivity index (χ4n) is 3.16. The van der Waals surface area contributed by atoms with Crippen molar-refractivity contribution in [2.45, 2.75) is 26.4 Å². The van der Waals surface area contributed by atoms with E-state index in [4.69, 9.17) is 4.52 Å². The predicted molar refractivity (Wildman–Crippen MR) is 61.0 cm³/mol. The third kappa shape index (κ3) is 1.66. The summed E-state index contributed by atoms with van der Waals surface area (Å²) in [7, 11) is 0. The second-order valence-electron chi connectivity index (χ2n) is 5.19. The average molecular weight is 221 g/mol. The van der Waals surface area contributed by atoms with E-state index in [-0.39, 0.29) is 0 Å². The molecule has 3 unspecified atom stereocenters. The third-order valence-electron chi connectivity index (χ3n) is 4.09. The molecule has 2 aliphatic rings. The monoisotopic (exact) mass is 221 g/mol. The molecule has 2 saturated heterocycles. The topological polar surface area (TPSA) is 41.3 Å². The van der Waals surface area contributed by atoms with Gasteiger partial charge in [0.15, 0.2) is 5.76 Å². The minimum absolute atomic E-state index is 0.658. The van der Waals surface area contributed by atoms with Gasteiger partial charge in [0.05, 0.1) is 12.2 Å². The molecule has 4 heteroatoms. The first-order valence-electron chi connectivity index (χ1n) is 6.11. The molecule has 3 heterocycles. The maximum atomic E-state index is 5.29. The van der Waals surface area contributed by atoms with E-state index in [1.54, 1.807) is 0 Å². The van der Waals surface area contributed by atoms with Crippen LogP contribution in [-0.4, -0.2) is 35.7 Å². The van der Waals surface area contributed by atoms with Crippen molar-refractivity contribution >= 4 is 0 Å². The van der Waals surface area contributed by atoms with Gasteiger partial charge in [-0.15, -0.1) is 0 Å². The van der Waals surface area contributed by atoms with Crippen molar-refractivity contribution in [3.63, 3.8) is 0 Å². The number of aryl methyl sites for hydroxylation is 1. The summed E-state index contributed by atoms with van der Waals surface area (Å²) >= 11 is 0. The lowest BCUT2D eigenvalue weighted by molar-refractivity contribution is 0.204. The van der Waals surface area contributed by atoms with Crippen molar-refractivity contribution in [1.82, 2.24) is 15.4 Å². The van der Waals surface area contributed by atoms with Gasteiger partial charge < -0.3 is 9.84 Å². The Morgan fingerprint density at radius 3 is 3.12 bits per heavy atom. The molecule has 0 amide bonds. The largest absolute Gasteiger partial charge is 0.360 e. The Kier molecular flexibility index (Phi) is 2.48. The van der Waals surface area contributed by atoms with Gasteiger partial charge >= 0.3 is 0 Å². The van der Waals surface area contributed by atoms with Gasteiger partial charge in [0.1, 0.15) is 0 Å². The highest BCUT2D eigenvalue weighted by Crippen LogP contribution is 2.33. The summed E-state index contributed by atoms with van der Waals surface area (Å²) in [6.07, 6.45) is 0. The summed E-state index contributed by atoms with van der Waals surface area (Å²) in [5, 5.41) is 7.42. The molecule has 0 radical (unpaired) electrons. The number of hydrogen-bond acceptors (Lipinski definition) is 4. The molecule has 0 spiro atoms. The molecule has 0 saturated carbocycles. The molecule has 2 aliphatic heterocycles. The quantitative estimate of drug-likeness (QED) is 0.809. The summed E-state index contributed by atoms with van der Waals surface area (Å²) in [6.45, 7) is 8.77. The Hall–Kier alpha value is -0.870. The molecule has 3 atom stereocenters. The molecule has 3 rings (SSSR count). The number of likely N-dealkylation sites (tertiary alicyclic amines) is 1.